The molecule has 3 aromatic rings. The van der Waals surface area contributed by atoms with E-state index in [1.807, 2.05) is 20.8 Å². The van der Waals surface area contributed by atoms with Gasteiger partial charge in [-0.25, -0.2) is 12.8 Å². The highest BCUT2D eigenvalue weighted by atomic mass is 35.5. The average Bonchev–Trinajstić information content (AvgIpc) is 2.90. The summed E-state index contributed by atoms with van der Waals surface area (Å²) < 4.78 is 42.1. The highest BCUT2D eigenvalue weighted by Crippen LogP contribution is 2.25. The number of sulfonamides is 1. The van der Waals surface area contributed by atoms with Crippen molar-refractivity contribution in [3.63, 3.8) is 0 Å². The number of rotatable bonds is 11. The standard InChI is InChI=1S/C29H33ClFN3O4S/c1-5-21(3)32-29(36)22(4)33(18-23-7-6-8-24(30)17-23)28(35)19-34(26-13-11-25(31)12-14-26)39(37,38)27-15-9-20(2)10-16-27/h6-17,21-22H,5,18-19H2,1-4H3,(H,32,36)/t21-,22-/m1/s1. The molecular formula is C29H33ClFN3O4S. The van der Waals surface area contributed by atoms with Crippen molar-refractivity contribution in [3.05, 3.63) is 94.8 Å². The molecule has 0 aliphatic heterocycles. The van der Waals surface area contributed by atoms with Crippen LogP contribution in [0.3, 0.4) is 0 Å². The Bertz CT molecular complexity index is 1400. The van der Waals surface area contributed by atoms with E-state index in [9.17, 15) is 22.4 Å². The maximum atomic E-state index is 13.8. The first-order valence-corrected chi connectivity index (χ1v) is 14.4. The van der Waals surface area contributed by atoms with Gasteiger partial charge in [0.05, 0.1) is 10.6 Å². The van der Waals surface area contributed by atoms with Crippen LogP contribution in [0.4, 0.5) is 10.1 Å². The van der Waals surface area contributed by atoms with Gasteiger partial charge in [0.2, 0.25) is 11.8 Å². The van der Waals surface area contributed by atoms with E-state index < -0.39 is 34.3 Å². The lowest BCUT2D eigenvalue weighted by molar-refractivity contribution is -0.139. The molecule has 0 saturated heterocycles. The van der Waals surface area contributed by atoms with Crippen LogP contribution in [-0.2, 0) is 26.2 Å². The molecule has 0 heterocycles. The zero-order valence-electron chi connectivity index (χ0n) is 22.4. The van der Waals surface area contributed by atoms with Crippen LogP contribution in [-0.4, -0.2) is 43.8 Å². The van der Waals surface area contributed by atoms with E-state index in [1.54, 1.807) is 43.3 Å². The van der Waals surface area contributed by atoms with E-state index >= 15 is 0 Å². The van der Waals surface area contributed by atoms with E-state index in [0.29, 0.717) is 17.0 Å². The third kappa shape index (κ3) is 7.80. The van der Waals surface area contributed by atoms with E-state index in [0.717, 1.165) is 22.0 Å². The summed E-state index contributed by atoms with van der Waals surface area (Å²) >= 11 is 6.15. The zero-order chi connectivity index (χ0) is 28.7. The summed E-state index contributed by atoms with van der Waals surface area (Å²) in [6, 6.07) is 16.9. The maximum absolute atomic E-state index is 13.8. The predicted octanol–water partition coefficient (Wildman–Crippen LogP) is 5.31. The Morgan fingerprint density at radius 1 is 1.00 bits per heavy atom. The van der Waals surface area contributed by atoms with E-state index in [1.165, 1.54) is 29.2 Å². The molecule has 0 aliphatic carbocycles. The average molecular weight is 574 g/mol. The van der Waals surface area contributed by atoms with Crippen LogP contribution in [0, 0.1) is 12.7 Å². The molecule has 0 saturated carbocycles. The first-order valence-electron chi connectivity index (χ1n) is 12.6. The molecule has 0 unspecified atom stereocenters. The van der Waals surface area contributed by atoms with Gasteiger partial charge in [-0.1, -0.05) is 48.4 Å². The van der Waals surface area contributed by atoms with Crippen molar-refractivity contribution >= 4 is 39.1 Å². The molecule has 0 aliphatic rings. The van der Waals surface area contributed by atoms with Crippen molar-refractivity contribution in [2.75, 3.05) is 10.8 Å². The summed E-state index contributed by atoms with van der Waals surface area (Å²) in [5.74, 6) is -1.52. The lowest BCUT2D eigenvalue weighted by Gasteiger charge is -2.32. The van der Waals surface area contributed by atoms with Gasteiger partial charge in [-0.15, -0.1) is 0 Å². The normalized spacial score (nSPS) is 12.9. The smallest absolute Gasteiger partial charge is 0.264 e. The SMILES string of the molecule is CC[C@@H](C)NC(=O)[C@@H](C)N(Cc1cccc(Cl)c1)C(=O)CN(c1ccc(F)cc1)S(=O)(=O)c1ccc(C)cc1. The molecule has 39 heavy (non-hydrogen) atoms. The molecule has 0 bridgehead atoms. The Balaban J connectivity index is 2.02. The topological polar surface area (TPSA) is 86.8 Å². The highest BCUT2D eigenvalue weighted by molar-refractivity contribution is 7.92. The zero-order valence-corrected chi connectivity index (χ0v) is 24.0. The number of halogens is 2. The van der Waals surface area contributed by atoms with Gasteiger partial charge >= 0.3 is 0 Å². The van der Waals surface area contributed by atoms with Gasteiger partial charge in [-0.05, 0) is 81.3 Å². The second kappa shape index (κ2) is 13.1. The third-order valence-corrected chi connectivity index (χ3v) is 8.44. The molecule has 10 heteroatoms. The Kier molecular flexibility index (Phi) is 10.1. The van der Waals surface area contributed by atoms with Crippen LogP contribution in [0.25, 0.3) is 0 Å². The van der Waals surface area contributed by atoms with Crippen LogP contribution in [0.15, 0.2) is 77.7 Å². The van der Waals surface area contributed by atoms with Crippen LogP contribution in [0.1, 0.15) is 38.3 Å². The predicted molar refractivity (Wildman–Crippen MR) is 151 cm³/mol. The monoisotopic (exact) mass is 573 g/mol. The number of carbonyl (C=O) groups excluding carboxylic acids is 2. The second-order valence-corrected chi connectivity index (χ2v) is 11.7. The Hall–Kier alpha value is -3.43. The molecule has 0 fully saturated rings. The lowest BCUT2D eigenvalue weighted by Crippen LogP contribution is -2.52. The number of nitrogens with zero attached hydrogens (tertiary/aromatic N) is 2. The summed E-state index contributed by atoms with van der Waals surface area (Å²) in [5, 5.41) is 3.35. The minimum absolute atomic E-state index is 0.0193. The number of aryl methyl sites for hydroxylation is 1. The number of hydrogen-bond donors (Lipinski definition) is 1. The van der Waals surface area contributed by atoms with Crippen LogP contribution >= 0.6 is 11.6 Å². The van der Waals surface area contributed by atoms with Crippen LogP contribution in [0.2, 0.25) is 5.02 Å². The number of carbonyl (C=O) groups is 2. The fourth-order valence-corrected chi connectivity index (χ4v) is 5.48. The van der Waals surface area contributed by atoms with Crippen LogP contribution < -0.4 is 9.62 Å². The molecular weight excluding hydrogens is 541 g/mol. The van der Waals surface area contributed by atoms with E-state index in [2.05, 4.69) is 5.32 Å². The van der Waals surface area contributed by atoms with E-state index in [-0.39, 0.29) is 29.1 Å². The fourth-order valence-electron chi connectivity index (χ4n) is 3.85. The molecule has 0 spiro atoms. The van der Waals surface area contributed by atoms with Gasteiger partial charge in [0.1, 0.15) is 18.4 Å². The first kappa shape index (κ1) is 30.1. The van der Waals surface area contributed by atoms with Gasteiger partial charge in [0.25, 0.3) is 10.0 Å². The van der Waals surface area contributed by atoms with Crippen molar-refractivity contribution in [1.29, 1.82) is 0 Å². The highest BCUT2D eigenvalue weighted by Gasteiger charge is 2.32. The number of amides is 2. The van der Waals surface area contributed by atoms with E-state index in [4.69, 9.17) is 11.6 Å². The molecule has 0 aromatic heterocycles. The first-order chi connectivity index (χ1) is 18.4. The lowest BCUT2D eigenvalue weighted by atomic mass is 10.1. The minimum atomic E-state index is -4.22. The van der Waals surface area contributed by atoms with Crippen molar-refractivity contribution < 1.29 is 22.4 Å². The molecule has 3 aromatic carbocycles. The third-order valence-electron chi connectivity index (χ3n) is 6.41. The van der Waals surface area contributed by atoms with Gasteiger partial charge in [-0.3, -0.25) is 13.9 Å². The van der Waals surface area contributed by atoms with Crippen LogP contribution in [0.5, 0.6) is 0 Å². The summed E-state index contributed by atoms with van der Waals surface area (Å²) in [7, 11) is -4.22. The van der Waals surface area contributed by atoms with Gasteiger partial charge in [-0.2, -0.15) is 0 Å². The van der Waals surface area contributed by atoms with Crippen molar-refractivity contribution in [1.82, 2.24) is 10.2 Å². The number of hydrogen-bond acceptors (Lipinski definition) is 4. The second-order valence-electron chi connectivity index (χ2n) is 9.45. The van der Waals surface area contributed by atoms with Gasteiger partial charge in [0.15, 0.2) is 0 Å². The van der Waals surface area contributed by atoms with Gasteiger partial charge < -0.3 is 10.2 Å². The fraction of sp³-hybridized carbons (Fsp3) is 0.310. The minimum Gasteiger partial charge on any atom is -0.352 e. The molecule has 3 rings (SSSR count). The number of anilines is 1. The largest absolute Gasteiger partial charge is 0.352 e. The molecule has 2 amide bonds. The summed E-state index contributed by atoms with van der Waals surface area (Å²) in [5.41, 5.74) is 1.66. The Labute approximate surface area is 234 Å². The summed E-state index contributed by atoms with van der Waals surface area (Å²) in [6.07, 6.45) is 0.702. The van der Waals surface area contributed by atoms with Crippen molar-refractivity contribution in [2.24, 2.45) is 0 Å². The molecule has 7 nitrogen and oxygen atoms in total. The molecule has 208 valence electrons. The maximum Gasteiger partial charge on any atom is 0.264 e. The quantitative estimate of drug-likeness (QED) is 0.337. The Morgan fingerprint density at radius 3 is 2.23 bits per heavy atom. The summed E-state index contributed by atoms with van der Waals surface area (Å²) in [4.78, 5) is 28.2. The van der Waals surface area contributed by atoms with Gasteiger partial charge in [0, 0.05) is 17.6 Å². The summed E-state index contributed by atoms with van der Waals surface area (Å²) in [6.45, 7) is 6.63. The molecule has 0 radical (unpaired) electrons. The Morgan fingerprint density at radius 2 is 1.64 bits per heavy atom. The van der Waals surface area contributed by atoms with Crippen molar-refractivity contribution in [2.45, 2.75) is 57.6 Å². The molecule has 1 N–H and O–H groups in total. The number of benzene rings is 3. The molecule has 2 atom stereocenters. The number of nitrogens with one attached hydrogen (secondary N) is 1. The van der Waals surface area contributed by atoms with Crippen molar-refractivity contribution in [3.8, 4) is 0 Å².